The van der Waals surface area contributed by atoms with E-state index in [9.17, 15) is 15.0 Å². The fourth-order valence-electron chi connectivity index (χ4n) is 4.62. The van der Waals surface area contributed by atoms with Gasteiger partial charge in [0.15, 0.2) is 0 Å². The first kappa shape index (κ1) is 26.3. The predicted molar refractivity (Wildman–Crippen MR) is 148 cm³/mol. The van der Waals surface area contributed by atoms with Crippen LogP contribution in [0.25, 0.3) is 21.9 Å². The summed E-state index contributed by atoms with van der Waals surface area (Å²) in [6, 6.07) is 23.3. The lowest BCUT2D eigenvalue weighted by Crippen LogP contribution is -2.33. The van der Waals surface area contributed by atoms with Crippen LogP contribution in [-0.4, -0.2) is 47.3 Å². The molecule has 192 valence electrons. The quantitative estimate of drug-likeness (QED) is 0.261. The lowest BCUT2D eigenvalue weighted by Gasteiger charge is -2.26. The number of ether oxygens (including phenoxy) is 2. The van der Waals surface area contributed by atoms with Crippen molar-refractivity contribution in [2.45, 2.75) is 19.3 Å². The van der Waals surface area contributed by atoms with E-state index in [1.165, 1.54) is 19.3 Å². The predicted octanol–water partition coefficient (Wildman–Crippen LogP) is 6.99. The summed E-state index contributed by atoms with van der Waals surface area (Å²) in [5.74, 6) is 1.30. The highest BCUT2D eigenvalue weighted by atomic mass is 35.5. The van der Waals surface area contributed by atoms with Crippen LogP contribution in [0.2, 0.25) is 0 Å². The van der Waals surface area contributed by atoms with Crippen LogP contribution in [-0.2, 0) is 0 Å². The van der Waals surface area contributed by atoms with E-state index in [1.807, 2.05) is 42.5 Å². The third-order valence-electron chi connectivity index (χ3n) is 6.57. The van der Waals surface area contributed by atoms with Crippen LogP contribution in [0.3, 0.4) is 0 Å². The average molecular weight is 520 g/mol. The number of benzene rings is 4. The lowest BCUT2D eigenvalue weighted by molar-refractivity contribution is 0.0697. The van der Waals surface area contributed by atoms with Crippen molar-refractivity contribution < 1.29 is 24.5 Å². The molecule has 0 amide bonds. The number of hydrogen-bond donors (Lipinski definition) is 2. The van der Waals surface area contributed by atoms with Crippen molar-refractivity contribution in [3.8, 4) is 34.1 Å². The van der Waals surface area contributed by atoms with Crippen LogP contribution in [0.4, 0.5) is 0 Å². The minimum absolute atomic E-state index is 0. The van der Waals surface area contributed by atoms with Gasteiger partial charge in [-0.05, 0) is 97.5 Å². The zero-order valence-corrected chi connectivity index (χ0v) is 21.2. The smallest absolute Gasteiger partial charge is 0.335 e. The number of rotatable bonds is 8. The maximum absolute atomic E-state index is 11.3. The van der Waals surface area contributed by atoms with Crippen LogP contribution in [0, 0.1) is 0 Å². The van der Waals surface area contributed by atoms with Crippen LogP contribution in [0.1, 0.15) is 29.6 Å². The molecule has 0 bridgehead atoms. The van der Waals surface area contributed by atoms with Gasteiger partial charge in [0, 0.05) is 17.5 Å². The molecule has 1 saturated heterocycles. The molecule has 7 heteroatoms. The molecule has 0 aromatic heterocycles. The van der Waals surface area contributed by atoms with Crippen LogP contribution >= 0.6 is 12.4 Å². The Bertz CT molecular complexity index is 1350. The summed E-state index contributed by atoms with van der Waals surface area (Å²) < 4.78 is 12.3. The molecule has 1 aliphatic rings. The first-order valence-electron chi connectivity index (χ1n) is 12.3. The minimum Gasteiger partial charge on any atom is -0.508 e. The molecule has 6 nitrogen and oxygen atoms in total. The van der Waals surface area contributed by atoms with E-state index < -0.39 is 5.97 Å². The fraction of sp³-hybridized carbons (Fsp3) is 0.233. The number of piperidine rings is 1. The van der Waals surface area contributed by atoms with Gasteiger partial charge < -0.3 is 19.7 Å². The highest BCUT2D eigenvalue weighted by Gasteiger charge is 2.14. The first-order chi connectivity index (χ1) is 17.6. The van der Waals surface area contributed by atoms with Crippen molar-refractivity contribution in [2.75, 3.05) is 26.2 Å². The fourth-order valence-corrected chi connectivity index (χ4v) is 4.62. The molecule has 0 saturated carbocycles. The summed E-state index contributed by atoms with van der Waals surface area (Å²) in [5, 5.41) is 20.9. The van der Waals surface area contributed by atoms with Gasteiger partial charge >= 0.3 is 5.97 Å². The molecule has 37 heavy (non-hydrogen) atoms. The molecule has 0 aliphatic carbocycles. The van der Waals surface area contributed by atoms with E-state index in [0.29, 0.717) is 18.1 Å². The van der Waals surface area contributed by atoms with Gasteiger partial charge in [-0.2, -0.15) is 0 Å². The van der Waals surface area contributed by atoms with E-state index in [2.05, 4.69) is 4.90 Å². The van der Waals surface area contributed by atoms with Gasteiger partial charge in [-0.1, -0.05) is 24.6 Å². The van der Waals surface area contributed by atoms with Crippen molar-refractivity contribution in [1.82, 2.24) is 4.90 Å². The highest BCUT2D eigenvalue weighted by molar-refractivity contribution is 5.96. The van der Waals surface area contributed by atoms with Gasteiger partial charge in [0.25, 0.3) is 0 Å². The molecule has 0 spiro atoms. The number of fused-ring (bicyclic) bond motifs is 1. The van der Waals surface area contributed by atoms with Gasteiger partial charge in [-0.15, -0.1) is 12.4 Å². The zero-order chi connectivity index (χ0) is 24.9. The minimum atomic E-state index is -0.967. The molecule has 0 atom stereocenters. The molecule has 1 aliphatic heterocycles. The van der Waals surface area contributed by atoms with Crippen LogP contribution in [0.15, 0.2) is 78.9 Å². The third-order valence-corrected chi connectivity index (χ3v) is 6.57. The molecule has 4 aromatic carbocycles. The zero-order valence-electron chi connectivity index (χ0n) is 20.4. The number of hydrogen-bond acceptors (Lipinski definition) is 5. The Morgan fingerprint density at radius 3 is 2.24 bits per heavy atom. The van der Waals surface area contributed by atoms with E-state index in [1.54, 1.807) is 36.4 Å². The highest BCUT2D eigenvalue weighted by Crippen LogP contribution is 2.40. The maximum Gasteiger partial charge on any atom is 0.335 e. The Balaban J connectivity index is 0.00000320. The van der Waals surface area contributed by atoms with E-state index in [0.717, 1.165) is 47.3 Å². The Morgan fingerprint density at radius 1 is 0.838 bits per heavy atom. The Morgan fingerprint density at radius 2 is 1.54 bits per heavy atom. The number of carbonyl (C=O) groups is 1. The van der Waals surface area contributed by atoms with Gasteiger partial charge in [-0.3, -0.25) is 4.90 Å². The van der Waals surface area contributed by atoms with Gasteiger partial charge in [0.05, 0.1) is 5.56 Å². The van der Waals surface area contributed by atoms with E-state index in [4.69, 9.17) is 9.47 Å². The van der Waals surface area contributed by atoms with Crippen molar-refractivity contribution >= 4 is 29.1 Å². The number of phenols is 1. The van der Waals surface area contributed by atoms with Crippen molar-refractivity contribution in [2.24, 2.45) is 0 Å². The van der Waals surface area contributed by atoms with Crippen molar-refractivity contribution in [3.63, 3.8) is 0 Å². The second-order valence-corrected chi connectivity index (χ2v) is 9.05. The standard InChI is InChI=1S/C30H29NO5.ClH/c32-24-9-15-28-23(20-24)8-14-27(21-4-6-22(7-5-21)30(33)34)29(28)36-26-12-10-25(11-13-26)35-19-18-31-16-2-1-3-17-31;/h4-15,20,32H,1-3,16-19H2,(H,33,34);1H. The molecule has 0 unspecified atom stereocenters. The Kier molecular flexibility index (Phi) is 8.54. The largest absolute Gasteiger partial charge is 0.508 e. The second kappa shape index (κ2) is 12.0. The summed E-state index contributed by atoms with van der Waals surface area (Å²) in [5.41, 5.74) is 1.89. The number of likely N-dealkylation sites (tertiary alicyclic amines) is 1. The molecule has 1 heterocycles. The monoisotopic (exact) mass is 519 g/mol. The molecule has 2 N–H and O–H groups in total. The van der Waals surface area contributed by atoms with Crippen LogP contribution in [0.5, 0.6) is 23.0 Å². The van der Waals surface area contributed by atoms with Gasteiger partial charge in [0.1, 0.15) is 29.6 Å². The van der Waals surface area contributed by atoms with Gasteiger partial charge in [0.2, 0.25) is 0 Å². The molecule has 4 aromatic rings. The summed E-state index contributed by atoms with van der Waals surface area (Å²) >= 11 is 0. The summed E-state index contributed by atoms with van der Waals surface area (Å²) in [6.07, 6.45) is 3.86. The summed E-state index contributed by atoms with van der Waals surface area (Å²) in [6.45, 7) is 3.90. The Labute approximate surface area is 222 Å². The normalized spacial score (nSPS) is 13.6. The average Bonchev–Trinajstić information content (AvgIpc) is 2.90. The SMILES string of the molecule is Cl.O=C(O)c1ccc(-c2ccc3cc(O)ccc3c2Oc2ccc(OCCN3CCCCC3)cc2)cc1. The number of aromatic carboxylic acids is 1. The molecular weight excluding hydrogens is 490 g/mol. The number of nitrogens with zero attached hydrogens (tertiary/aromatic N) is 1. The number of carboxylic acids is 1. The van der Waals surface area contributed by atoms with Crippen molar-refractivity contribution in [1.29, 1.82) is 0 Å². The summed E-state index contributed by atoms with van der Waals surface area (Å²) in [4.78, 5) is 13.7. The first-order valence-corrected chi connectivity index (χ1v) is 12.3. The Hall–Kier alpha value is -3.74. The number of halogens is 1. The third kappa shape index (κ3) is 6.34. The molecule has 1 fully saturated rings. The number of phenolic OH excluding ortho intramolecular Hbond substituents is 1. The summed E-state index contributed by atoms with van der Waals surface area (Å²) in [7, 11) is 0. The lowest BCUT2D eigenvalue weighted by atomic mass is 9.98. The molecule has 5 rings (SSSR count). The number of carboxylic acid groups (broad SMARTS) is 1. The van der Waals surface area contributed by atoms with Gasteiger partial charge in [-0.25, -0.2) is 4.79 Å². The number of aromatic hydroxyl groups is 1. The topological polar surface area (TPSA) is 79.2 Å². The molecular formula is C30H30ClNO5. The molecule has 0 radical (unpaired) electrons. The van der Waals surface area contributed by atoms with Crippen molar-refractivity contribution in [3.05, 3.63) is 84.4 Å². The second-order valence-electron chi connectivity index (χ2n) is 9.05. The van der Waals surface area contributed by atoms with E-state index >= 15 is 0 Å². The van der Waals surface area contributed by atoms with Crippen LogP contribution < -0.4 is 9.47 Å². The maximum atomic E-state index is 11.3. The van der Waals surface area contributed by atoms with E-state index in [-0.39, 0.29) is 23.7 Å².